The third-order valence-electron chi connectivity index (χ3n) is 5.30. The van der Waals surface area contributed by atoms with Crippen molar-refractivity contribution in [3.63, 3.8) is 0 Å². The predicted molar refractivity (Wildman–Crippen MR) is 116 cm³/mol. The topological polar surface area (TPSA) is 96.0 Å². The molecule has 0 radical (unpaired) electrons. The van der Waals surface area contributed by atoms with Crippen LogP contribution in [0, 0.1) is 0 Å². The Labute approximate surface area is 183 Å². The number of nitrogens with zero attached hydrogens (tertiary/aromatic N) is 2. The number of amides is 3. The molecule has 160 valence electrons. The normalized spacial score (nSPS) is 18.0. The van der Waals surface area contributed by atoms with E-state index in [-0.39, 0.29) is 35.9 Å². The lowest BCUT2D eigenvalue weighted by Crippen LogP contribution is -2.57. The Bertz CT molecular complexity index is 1040. The summed E-state index contributed by atoms with van der Waals surface area (Å²) in [6.07, 6.45) is 0. The second-order valence-corrected chi connectivity index (χ2v) is 8.26. The van der Waals surface area contributed by atoms with Crippen molar-refractivity contribution in [1.82, 2.24) is 9.80 Å². The third kappa shape index (κ3) is 4.27. The Morgan fingerprint density at radius 3 is 2.61 bits per heavy atom. The van der Waals surface area contributed by atoms with Gasteiger partial charge >= 0.3 is 5.97 Å². The van der Waals surface area contributed by atoms with E-state index in [0.717, 1.165) is 5.56 Å². The molecular weight excluding hydrogens is 418 g/mol. The maximum absolute atomic E-state index is 12.7. The number of para-hydroxylation sites is 1. The van der Waals surface area contributed by atoms with Gasteiger partial charge in [-0.05, 0) is 29.8 Å². The zero-order chi connectivity index (χ0) is 22.0. The molecule has 0 bridgehead atoms. The zero-order valence-electron chi connectivity index (χ0n) is 16.9. The van der Waals surface area contributed by atoms with Gasteiger partial charge in [0, 0.05) is 17.9 Å². The van der Waals surface area contributed by atoms with Gasteiger partial charge in [-0.1, -0.05) is 24.3 Å². The molecule has 9 heteroatoms. The number of piperazine rings is 1. The van der Waals surface area contributed by atoms with E-state index in [1.54, 1.807) is 70.1 Å². The number of rotatable bonds is 5. The number of thioether (sulfide) groups is 1. The van der Waals surface area contributed by atoms with Crippen LogP contribution in [0.15, 0.2) is 48.5 Å². The fraction of sp³-hybridized carbons (Fsp3) is 0.273. The van der Waals surface area contributed by atoms with Crippen LogP contribution in [-0.2, 0) is 20.9 Å². The number of ether oxygens (including phenoxy) is 1. The van der Waals surface area contributed by atoms with Gasteiger partial charge < -0.3 is 19.9 Å². The molecule has 0 saturated carbocycles. The van der Waals surface area contributed by atoms with Gasteiger partial charge in [0.05, 0.1) is 24.2 Å². The van der Waals surface area contributed by atoms with E-state index < -0.39 is 5.97 Å². The van der Waals surface area contributed by atoms with E-state index in [9.17, 15) is 19.2 Å². The Balaban J connectivity index is 1.43. The van der Waals surface area contributed by atoms with E-state index in [0.29, 0.717) is 29.4 Å². The highest BCUT2D eigenvalue weighted by molar-refractivity contribution is 7.99. The molecule has 2 heterocycles. The van der Waals surface area contributed by atoms with Crippen LogP contribution in [0.1, 0.15) is 26.3 Å². The molecule has 2 fully saturated rings. The summed E-state index contributed by atoms with van der Waals surface area (Å²) in [6, 6.07) is 13.1. The summed E-state index contributed by atoms with van der Waals surface area (Å²) in [6.45, 7) is 0.384. The van der Waals surface area contributed by atoms with Crippen LogP contribution in [0.5, 0.6) is 0 Å². The molecule has 0 spiro atoms. The quantitative estimate of drug-likeness (QED) is 0.716. The molecule has 4 rings (SSSR count). The fourth-order valence-corrected chi connectivity index (χ4v) is 4.80. The maximum Gasteiger partial charge on any atom is 0.339 e. The zero-order valence-corrected chi connectivity index (χ0v) is 17.7. The molecule has 2 aromatic carbocycles. The minimum absolute atomic E-state index is 0.0325. The second-order valence-electron chi connectivity index (χ2n) is 7.26. The summed E-state index contributed by atoms with van der Waals surface area (Å²) in [4.78, 5) is 52.6. The number of carbonyl (C=O) groups excluding carboxylic acids is 4. The molecule has 2 aliphatic rings. The SMILES string of the molecule is COC(=O)c1ccccc1NC(=O)c1ccc(CN2CC(=O)N3CSC[C@H]3C2=O)cc1. The van der Waals surface area contributed by atoms with Crippen molar-refractivity contribution in [2.75, 3.05) is 30.6 Å². The number of carbonyl (C=O) groups is 4. The summed E-state index contributed by atoms with van der Waals surface area (Å²) in [5.74, 6) is 0.233. The number of fused-ring (bicyclic) bond motifs is 1. The summed E-state index contributed by atoms with van der Waals surface area (Å²) < 4.78 is 4.74. The summed E-state index contributed by atoms with van der Waals surface area (Å²) >= 11 is 1.59. The van der Waals surface area contributed by atoms with Crippen molar-refractivity contribution in [2.24, 2.45) is 0 Å². The molecule has 2 aromatic rings. The largest absolute Gasteiger partial charge is 0.465 e. The first-order valence-corrected chi connectivity index (χ1v) is 10.9. The molecule has 3 amide bonds. The van der Waals surface area contributed by atoms with Crippen molar-refractivity contribution in [1.29, 1.82) is 0 Å². The molecule has 2 saturated heterocycles. The molecule has 0 aliphatic carbocycles. The van der Waals surface area contributed by atoms with Crippen molar-refractivity contribution in [2.45, 2.75) is 12.6 Å². The van der Waals surface area contributed by atoms with Gasteiger partial charge in [-0.15, -0.1) is 11.8 Å². The van der Waals surface area contributed by atoms with E-state index in [1.165, 1.54) is 7.11 Å². The van der Waals surface area contributed by atoms with Crippen LogP contribution >= 0.6 is 11.8 Å². The molecule has 0 unspecified atom stereocenters. The molecule has 31 heavy (non-hydrogen) atoms. The minimum Gasteiger partial charge on any atom is -0.465 e. The first-order valence-electron chi connectivity index (χ1n) is 9.71. The summed E-state index contributed by atoms with van der Waals surface area (Å²) in [7, 11) is 1.28. The monoisotopic (exact) mass is 439 g/mol. The molecule has 8 nitrogen and oxygen atoms in total. The number of hydrogen-bond donors (Lipinski definition) is 1. The summed E-state index contributed by atoms with van der Waals surface area (Å²) in [5.41, 5.74) is 1.86. The van der Waals surface area contributed by atoms with Gasteiger partial charge in [0.2, 0.25) is 11.8 Å². The Hall–Kier alpha value is -3.33. The van der Waals surface area contributed by atoms with Crippen LogP contribution in [0.25, 0.3) is 0 Å². The van der Waals surface area contributed by atoms with Crippen LogP contribution in [0.2, 0.25) is 0 Å². The highest BCUT2D eigenvalue weighted by Gasteiger charge is 2.42. The van der Waals surface area contributed by atoms with Gasteiger partial charge in [-0.2, -0.15) is 0 Å². The smallest absolute Gasteiger partial charge is 0.339 e. The first-order chi connectivity index (χ1) is 15.0. The Morgan fingerprint density at radius 1 is 1.13 bits per heavy atom. The fourth-order valence-electron chi connectivity index (χ4n) is 3.63. The minimum atomic E-state index is -0.536. The standard InChI is InChI=1S/C22H21N3O5S/c1-30-22(29)16-4-2-3-5-17(16)23-20(27)15-8-6-14(7-9-15)10-24-11-19(26)25-13-31-12-18(25)21(24)28/h2-9,18H,10-13H2,1H3,(H,23,27)/t18-/m0/s1. The molecular formula is C22H21N3O5S. The second kappa shape index (κ2) is 8.81. The van der Waals surface area contributed by atoms with Gasteiger partial charge in [-0.3, -0.25) is 14.4 Å². The van der Waals surface area contributed by atoms with Gasteiger partial charge in [0.25, 0.3) is 5.91 Å². The number of methoxy groups -OCH3 is 1. The summed E-state index contributed by atoms with van der Waals surface area (Å²) in [5, 5.41) is 2.72. The van der Waals surface area contributed by atoms with E-state index in [2.05, 4.69) is 5.32 Å². The number of esters is 1. The molecule has 1 N–H and O–H groups in total. The lowest BCUT2D eigenvalue weighted by atomic mass is 10.1. The van der Waals surface area contributed by atoms with Crippen molar-refractivity contribution < 1.29 is 23.9 Å². The van der Waals surface area contributed by atoms with Crippen LogP contribution in [0.3, 0.4) is 0 Å². The molecule has 1 atom stereocenters. The number of anilines is 1. The van der Waals surface area contributed by atoms with Gasteiger partial charge in [0.1, 0.15) is 12.6 Å². The van der Waals surface area contributed by atoms with Gasteiger partial charge in [0.15, 0.2) is 0 Å². The van der Waals surface area contributed by atoms with Crippen LogP contribution in [-0.4, -0.2) is 64.8 Å². The highest BCUT2D eigenvalue weighted by Crippen LogP contribution is 2.27. The average molecular weight is 439 g/mol. The number of hydrogen-bond acceptors (Lipinski definition) is 6. The predicted octanol–water partition coefficient (Wildman–Crippen LogP) is 1.97. The third-order valence-corrected chi connectivity index (χ3v) is 6.31. The number of benzene rings is 2. The van der Waals surface area contributed by atoms with E-state index in [4.69, 9.17) is 4.74 Å². The Morgan fingerprint density at radius 2 is 1.87 bits per heavy atom. The molecule has 0 aromatic heterocycles. The average Bonchev–Trinajstić information content (AvgIpc) is 3.28. The Kier molecular flexibility index (Phi) is 5.94. The maximum atomic E-state index is 12.7. The van der Waals surface area contributed by atoms with Crippen molar-refractivity contribution in [3.8, 4) is 0 Å². The van der Waals surface area contributed by atoms with Crippen molar-refractivity contribution in [3.05, 3.63) is 65.2 Å². The van der Waals surface area contributed by atoms with Crippen molar-refractivity contribution >= 4 is 41.1 Å². The van der Waals surface area contributed by atoms with E-state index >= 15 is 0 Å². The molecule has 2 aliphatic heterocycles. The lowest BCUT2D eigenvalue weighted by Gasteiger charge is -2.35. The number of nitrogens with one attached hydrogen (secondary N) is 1. The van der Waals surface area contributed by atoms with E-state index in [1.807, 2.05) is 0 Å². The lowest BCUT2D eigenvalue weighted by molar-refractivity contribution is -0.153. The van der Waals surface area contributed by atoms with Crippen LogP contribution in [0.4, 0.5) is 5.69 Å². The highest BCUT2D eigenvalue weighted by atomic mass is 32.2. The van der Waals surface area contributed by atoms with Crippen LogP contribution < -0.4 is 5.32 Å². The first kappa shape index (κ1) is 20.9. The van der Waals surface area contributed by atoms with Gasteiger partial charge in [-0.25, -0.2) is 4.79 Å².